The molecular weight excluding hydrogens is 496 g/mol. The van der Waals surface area contributed by atoms with Gasteiger partial charge in [0.1, 0.15) is 6.10 Å². The Morgan fingerprint density at radius 1 is 1.03 bits per heavy atom. The number of esters is 1. The molecule has 218 valence electrons. The van der Waals surface area contributed by atoms with E-state index in [4.69, 9.17) is 13.9 Å². The van der Waals surface area contributed by atoms with Crippen molar-refractivity contribution in [3.8, 4) is 0 Å². The summed E-state index contributed by atoms with van der Waals surface area (Å²) in [6.45, 7) is 29.2. The Balaban J connectivity index is 2.48. The number of ketones is 1. The molecule has 2 saturated heterocycles. The van der Waals surface area contributed by atoms with E-state index in [0.29, 0.717) is 35.0 Å². The Morgan fingerprint density at radius 2 is 1.58 bits per heavy atom. The first-order valence-electron chi connectivity index (χ1n) is 14.5. The molecule has 0 radical (unpaired) electrons. The number of rotatable bonds is 6. The normalized spacial score (nSPS) is 33.8. The maximum atomic E-state index is 13.3. The summed E-state index contributed by atoms with van der Waals surface area (Å²) in [4.78, 5) is 26.5. The molecule has 0 unspecified atom stereocenters. The number of Topliss-reactive ketones (excluding diaryl/α,β-unsaturated/α-hetero) is 1. The van der Waals surface area contributed by atoms with E-state index in [9.17, 15) is 14.7 Å². The van der Waals surface area contributed by atoms with E-state index in [1.807, 2.05) is 20.8 Å². The van der Waals surface area contributed by atoms with Crippen molar-refractivity contribution >= 4 is 20.1 Å². The monoisotopic (exact) mass is 550 g/mol. The molecule has 7 atom stereocenters. The smallest absolute Gasteiger partial charge is 0.309 e. The zero-order valence-electron chi connectivity index (χ0n) is 25.6. The first-order valence-corrected chi connectivity index (χ1v) is 16.7. The molecule has 2 bridgehead atoms. The molecule has 7 heteroatoms. The second-order valence-corrected chi connectivity index (χ2v) is 18.8. The molecule has 2 aliphatic rings. The molecule has 0 saturated carbocycles. The van der Waals surface area contributed by atoms with E-state index in [0.717, 1.165) is 0 Å². The molecular formula is C31H54O6Si. The molecule has 0 aromatic rings. The first-order chi connectivity index (χ1) is 17.5. The van der Waals surface area contributed by atoms with E-state index < -0.39 is 38.0 Å². The van der Waals surface area contributed by atoms with Gasteiger partial charge < -0.3 is 19.0 Å². The zero-order valence-corrected chi connectivity index (χ0v) is 26.6. The van der Waals surface area contributed by atoms with Crippen LogP contribution >= 0.6 is 0 Å². The Labute approximate surface area is 232 Å². The minimum absolute atomic E-state index is 0.0292. The predicted molar refractivity (Wildman–Crippen MR) is 155 cm³/mol. The fraction of sp³-hybridized carbons (Fsp3) is 0.806. The summed E-state index contributed by atoms with van der Waals surface area (Å²) in [6, 6.07) is 0. The fourth-order valence-electron chi connectivity index (χ4n) is 6.85. The minimum atomic E-state index is -2.19. The van der Waals surface area contributed by atoms with Crippen LogP contribution in [0.3, 0.4) is 0 Å². The van der Waals surface area contributed by atoms with Crippen LogP contribution in [-0.2, 0) is 23.5 Å². The highest BCUT2D eigenvalue weighted by Gasteiger charge is 2.50. The number of cyclic esters (lactones) is 1. The number of aliphatic hydroxyl groups is 1. The third-order valence-electron chi connectivity index (χ3n) is 9.38. The van der Waals surface area contributed by atoms with E-state index in [2.05, 4.69) is 61.6 Å². The lowest BCUT2D eigenvalue weighted by Gasteiger charge is -2.49. The van der Waals surface area contributed by atoms with Crippen LogP contribution in [0, 0.1) is 17.3 Å². The number of hydrogen-bond donors (Lipinski definition) is 1. The van der Waals surface area contributed by atoms with E-state index >= 15 is 0 Å². The first kappa shape index (κ1) is 32.9. The summed E-state index contributed by atoms with van der Waals surface area (Å²) in [5.41, 5.74) is 0.964. The number of ether oxygens (including phenoxy) is 2. The van der Waals surface area contributed by atoms with Gasteiger partial charge in [0.25, 0.3) is 0 Å². The van der Waals surface area contributed by atoms with Gasteiger partial charge in [0.05, 0.1) is 30.8 Å². The van der Waals surface area contributed by atoms with E-state index in [1.54, 1.807) is 6.08 Å². The third-order valence-corrected chi connectivity index (χ3v) is 15.5. The van der Waals surface area contributed by atoms with Crippen LogP contribution in [0.25, 0.3) is 0 Å². The number of carbonyl (C=O) groups excluding carboxylic acids is 2. The van der Waals surface area contributed by atoms with Gasteiger partial charge in [-0.3, -0.25) is 9.59 Å². The Hall–Kier alpha value is -1.28. The Morgan fingerprint density at radius 3 is 2.08 bits per heavy atom. The van der Waals surface area contributed by atoms with Gasteiger partial charge in [-0.05, 0) is 35.0 Å². The molecule has 1 N–H and O–H groups in total. The maximum Gasteiger partial charge on any atom is 0.309 e. The van der Waals surface area contributed by atoms with Gasteiger partial charge in [-0.15, -0.1) is 0 Å². The highest BCUT2D eigenvalue weighted by Crippen LogP contribution is 2.46. The summed E-state index contributed by atoms with van der Waals surface area (Å²) < 4.78 is 19.6. The summed E-state index contributed by atoms with van der Waals surface area (Å²) in [5.74, 6) is -0.894. The van der Waals surface area contributed by atoms with Crippen molar-refractivity contribution in [1.82, 2.24) is 0 Å². The predicted octanol–water partition coefficient (Wildman–Crippen LogP) is 6.77. The van der Waals surface area contributed by atoms with Crippen molar-refractivity contribution in [3.05, 3.63) is 24.8 Å². The quantitative estimate of drug-likeness (QED) is 0.170. The van der Waals surface area contributed by atoms with Crippen LogP contribution in [0.4, 0.5) is 0 Å². The topological polar surface area (TPSA) is 82.1 Å². The van der Waals surface area contributed by atoms with Crippen LogP contribution in [0.2, 0.25) is 16.6 Å². The number of aliphatic hydroxyl groups excluding tert-OH is 1. The minimum Gasteiger partial charge on any atom is -0.457 e. The van der Waals surface area contributed by atoms with Gasteiger partial charge in [0.15, 0.2) is 5.78 Å². The number of fused-ring (bicyclic) bond motifs is 2. The SMILES string of the molecule is C=C[C@H]1OC(=O)C[C@@H]2O[C@H](CC(=C)C(=O)[C@H](C)C[C@@H](O)C1(C)C)C[C@H](O[Si](C(C)C)(C(C)C)C(C)C)[C@H]2C. The van der Waals surface area contributed by atoms with Crippen LogP contribution in [-0.4, -0.2) is 55.7 Å². The molecule has 6 nitrogen and oxygen atoms in total. The lowest BCUT2D eigenvalue weighted by Crippen LogP contribution is -2.55. The molecule has 2 aliphatic heterocycles. The molecule has 2 heterocycles. The Bertz CT molecular complexity index is 841. The summed E-state index contributed by atoms with van der Waals surface area (Å²) in [7, 11) is -2.19. The summed E-state index contributed by atoms with van der Waals surface area (Å²) in [6.07, 6.45) is 0.568. The van der Waals surface area contributed by atoms with E-state index in [-0.39, 0.29) is 42.7 Å². The highest BCUT2D eigenvalue weighted by molar-refractivity contribution is 6.77. The molecule has 2 fully saturated rings. The average molecular weight is 551 g/mol. The lowest BCUT2D eigenvalue weighted by molar-refractivity contribution is -0.170. The van der Waals surface area contributed by atoms with Gasteiger partial charge >= 0.3 is 5.97 Å². The molecule has 0 amide bonds. The summed E-state index contributed by atoms with van der Waals surface area (Å²) >= 11 is 0. The van der Waals surface area contributed by atoms with Crippen molar-refractivity contribution < 1.29 is 28.6 Å². The second kappa shape index (κ2) is 12.9. The molecule has 0 aromatic carbocycles. The van der Waals surface area contributed by atoms with Gasteiger partial charge in [0, 0.05) is 23.7 Å². The lowest BCUT2D eigenvalue weighted by atomic mass is 9.76. The Kier molecular flexibility index (Phi) is 11.2. The van der Waals surface area contributed by atoms with Crippen LogP contribution < -0.4 is 0 Å². The van der Waals surface area contributed by atoms with Gasteiger partial charge in [-0.25, -0.2) is 0 Å². The van der Waals surface area contributed by atoms with Crippen molar-refractivity contribution in [1.29, 1.82) is 0 Å². The largest absolute Gasteiger partial charge is 0.457 e. The average Bonchev–Trinajstić information content (AvgIpc) is 2.81. The standard InChI is InChI=1S/C31H54O6Si/c1-13-28-31(11,12)27(32)15-22(9)30(34)21(8)14-24-16-26(23(10)25(35-24)17-29(33)36-28)37-38(18(2)3,19(4)5)20(6)7/h13,18-20,22-28,32H,1,8,14-17H2,2-7,9-12H3/t22-,23+,24-,25+,26+,27-,28-/m1/s1. The molecule has 0 spiro atoms. The van der Waals surface area contributed by atoms with Crippen LogP contribution in [0.15, 0.2) is 24.8 Å². The van der Waals surface area contributed by atoms with Crippen LogP contribution in [0.5, 0.6) is 0 Å². The molecule has 38 heavy (non-hydrogen) atoms. The van der Waals surface area contributed by atoms with Crippen LogP contribution in [0.1, 0.15) is 94.9 Å². The van der Waals surface area contributed by atoms with E-state index in [1.165, 1.54) is 0 Å². The fourth-order valence-corrected chi connectivity index (χ4v) is 12.5. The molecule has 0 aliphatic carbocycles. The molecule has 2 rings (SSSR count). The van der Waals surface area contributed by atoms with Crippen molar-refractivity contribution in [3.63, 3.8) is 0 Å². The van der Waals surface area contributed by atoms with Crippen molar-refractivity contribution in [2.45, 2.75) is 142 Å². The van der Waals surface area contributed by atoms with Crippen molar-refractivity contribution in [2.24, 2.45) is 17.3 Å². The van der Waals surface area contributed by atoms with Crippen molar-refractivity contribution in [2.75, 3.05) is 0 Å². The highest BCUT2D eigenvalue weighted by atomic mass is 28.4. The van der Waals surface area contributed by atoms with Gasteiger partial charge in [-0.2, -0.15) is 0 Å². The molecule has 0 aromatic heterocycles. The second-order valence-electron chi connectivity index (χ2n) is 13.4. The zero-order chi connectivity index (χ0) is 29.2. The summed E-state index contributed by atoms with van der Waals surface area (Å²) in [5, 5.41) is 11.0. The maximum absolute atomic E-state index is 13.3. The van der Waals surface area contributed by atoms with Gasteiger partial charge in [-0.1, -0.05) is 88.5 Å². The number of hydrogen-bond acceptors (Lipinski definition) is 6. The van der Waals surface area contributed by atoms with Gasteiger partial charge in [0.2, 0.25) is 8.32 Å². The number of carbonyl (C=O) groups is 2. The third kappa shape index (κ3) is 6.88.